The third kappa shape index (κ3) is 1.69. The fourth-order valence-corrected chi connectivity index (χ4v) is 1.38. The molecule has 0 bridgehead atoms. The highest BCUT2D eigenvalue weighted by molar-refractivity contribution is 7.71. The molecule has 2 aromatic heterocycles. The second-order valence-electron chi connectivity index (χ2n) is 2.81. The van der Waals surface area contributed by atoms with Crippen molar-refractivity contribution in [2.45, 2.75) is 0 Å². The van der Waals surface area contributed by atoms with Crippen LogP contribution in [0.5, 0.6) is 0 Å². The number of aryl methyl sites for hydroxylation is 1. The predicted octanol–water partition coefficient (Wildman–Crippen LogP) is 2.19. The highest BCUT2D eigenvalue weighted by Gasteiger charge is 2.03. The van der Waals surface area contributed by atoms with Gasteiger partial charge in [0, 0.05) is 25.0 Å². The van der Waals surface area contributed by atoms with Crippen LogP contribution in [-0.4, -0.2) is 19.7 Å². The minimum absolute atomic E-state index is 0.500. The molecule has 6 heteroatoms. The predicted molar refractivity (Wildman–Crippen MR) is 56.6 cm³/mol. The van der Waals surface area contributed by atoms with Crippen LogP contribution in [-0.2, 0) is 7.05 Å². The number of aromatic nitrogens is 4. The quantitative estimate of drug-likeness (QED) is 0.759. The van der Waals surface area contributed by atoms with Gasteiger partial charge in [0.1, 0.15) is 0 Å². The maximum Gasteiger partial charge on any atom is 0.216 e. The molecule has 14 heavy (non-hydrogen) atoms. The van der Waals surface area contributed by atoms with Crippen LogP contribution in [0.4, 0.5) is 0 Å². The molecule has 0 aliphatic rings. The van der Waals surface area contributed by atoms with Gasteiger partial charge >= 0.3 is 0 Å². The molecular formula is C8H7ClN4S. The van der Waals surface area contributed by atoms with E-state index < -0.39 is 0 Å². The van der Waals surface area contributed by atoms with Gasteiger partial charge in [0.15, 0.2) is 5.82 Å². The van der Waals surface area contributed by atoms with Crippen molar-refractivity contribution in [3.63, 3.8) is 0 Å². The summed E-state index contributed by atoms with van der Waals surface area (Å²) >= 11 is 10.8. The molecule has 2 aromatic rings. The molecule has 0 amide bonds. The van der Waals surface area contributed by atoms with E-state index in [4.69, 9.17) is 23.8 Å². The average molecular weight is 227 g/mol. The van der Waals surface area contributed by atoms with Crippen LogP contribution in [0.2, 0.25) is 5.02 Å². The number of hydrogen-bond donors (Lipinski definition) is 1. The zero-order valence-electron chi connectivity index (χ0n) is 7.36. The molecule has 0 aliphatic heterocycles. The fourth-order valence-electron chi connectivity index (χ4n) is 1.07. The Morgan fingerprint density at radius 1 is 1.50 bits per heavy atom. The van der Waals surface area contributed by atoms with E-state index in [1.165, 1.54) is 0 Å². The molecule has 0 saturated carbocycles. The molecule has 0 atom stereocenters. The Morgan fingerprint density at radius 3 is 2.86 bits per heavy atom. The Kier molecular flexibility index (Phi) is 2.35. The summed E-state index contributed by atoms with van der Waals surface area (Å²) < 4.78 is 2.16. The van der Waals surface area contributed by atoms with E-state index in [-0.39, 0.29) is 0 Å². The van der Waals surface area contributed by atoms with Crippen molar-refractivity contribution < 1.29 is 0 Å². The van der Waals surface area contributed by atoms with Crippen LogP contribution in [0, 0.1) is 4.77 Å². The SMILES string of the molecule is Cn1[nH]c(-c2cncc(Cl)c2)nc1=S. The van der Waals surface area contributed by atoms with Crippen LogP contribution >= 0.6 is 23.8 Å². The van der Waals surface area contributed by atoms with Crippen molar-refractivity contribution >= 4 is 23.8 Å². The molecule has 72 valence electrons. The Bertz CT molecular complexity index is 516. The molecule has 4 nitrogen and oxygen atoms in total. The molecule has 2 heterocycles. The number of hydrogen-bond acceptors (Lipinski definition) is 3. The minimum Gasteiger partial charge on any atom is -0.279 e. The van der Waals surface area contributed by atoms with Gasteiger partial charge in [-0.15, -0.1) is 0 Å². The van der Waals surface area contributed by atoms with Gasteiger partial charge in [-0.25, -0.2) is 0 Å². The van der Waals surface area contributed by atoms with Crippen molar-refractivity contribution in [3.05, 3.63) is 28.3 Å². The Hall–Kier alpha value is -1.20. The van der Waals surface area contributed by atoms with Crippen molar-refractivity contribution in [1.29, 1.82) is 0 Å². The van der Waals surface area contributed by atoms with Gasteiger partial charge < -0.3 is 0 Å². The summed E-state index contributed by atoms with van der Waals surface area (Å²) in [7, 11) is 1.80. The van der Waals surface area contributed by atoms with Crippen molar-refractivity contribution in [3.8, 4) is 11.4 Å². The van der Waals surface area contributed by atoms with Gasteiger partial charge in [-0.1, -0.05) is 11.6 Å². The zero-order chi connectivity index (χ0) is 10.1. The first-order valence-corrected chi connectivity index (χ1v) is 4.69. The number of halogens is 1. The summed E-state index contributed by atoms with van der Waals surface area (Å²) in [5.41, 5.74) is 0.823. The lowest BCUT2D eigenvalue weighted by Gasteiger charge is -1.95. The Labute approximate surface area is 90.6 Å². The first-order chi connectivity index (χ1) is 6.66. The number of pyridine rings is 1. The number of nitrogens with one attached hydrogen (secondary N) is 1. The lowest BCUT2D eigenvalue weighted by atomic mass is 10.3. The van der Waals surface area contributed by atoms with Crippen molar-refractivity contribution in [2.24, 2.45) is 7.05 Å². The maximum absolute atomic E-state index is 5.80. The molecule has 0 radical (unpaired) electrons. The van der Waals surface area contributed by atoms with E-state index in [1.54, 1.807) is 30.2 Å². The Morgan fingerprint density at radius 2 is 2.29 bits per heavy atom. The van der Waals surface area contributed by atoms with Crippen LogP contribution < -0.4 is 0 Å². The summed E-state index contributed by atoms with van der Waals surface area (Å²) in [6.07, 6.45) is 3.25. The van der Waals surface area contributed by atoms with Gasteiger partial charge in [0.05, 0.1) is 5.02 Å². The number of aromatic amines is 1. The third-order valence-corrected chi connectivity index (χ3v) is 2.32. The van der Waals surface area contributed by atoms with Gasteiger partial charge in [0.25, 0.3) is 0 Å². The monoisotopic (exact) mass is 226 g/mol. The average Bonchev–Trinajstić information content (AvgIpc) is 2.47. The van der Waals surface area contributed by atoms with Crippen LogP contribution in [0.3, 0.4) is 0 Å². The second kappa shape index (κ2) is 3.51. The molecule has 2 rings (SSSR count). The molecule has 0 aromatic carbocycles. The summed E-state index contributed by atoms with van der Waals surface area (Å²) in [5.74, 6) is 0.674. The summed E-state index contributed by atoms with van der Waals surface area (Å²) in [6, 6.07) is 1.78. The molecule has 0 aliphatic carbocycles. The maximum atomic E-state index is 5.80. The first kappa shape index (κ1) is 9.36. The lowest BCUT2D eigenvalue weighted by molar-refractivity contribution is 0.756. The standard InChI is InChI=1S/C8H7ClN4S/c1-13-8(14)11-7(12-13)5-2-6(9)4-10-3-5/h2-4H,1H3,(H,11,12,14). The van der Waals surface area contributed by atoms with Gasteiger partial charge in [-0.2, -0.15) is 4.98 Å². The zero-order valence-corrected chi connectivity index (χ0v) is 8.93. The highest BCUT2D eigenvalue weighted by Crippen LogP contribution is 2.17. The third-order valence-electron chi connectivity index (χ3n) is 1.75. The Balaban J connectivity index is 2.54. The molecule has 0 fully saturated rings. The van der Waals surface area contributed by atoms with Crippen molar-refractivity contribution in [2.75, 3.05) is 0 Å². The smallest absolute Gasteiger partial charge is 0.216 e. The van der Waals surface area contributed by atoms with Crippen LogP contribution in [0.25, 0.3) is 11.4 Å². The molecule has 0 unspecified atom stereocenters. The fraction of sp³-hybridized carbons (Fsp3) is 0.125. The minimum atomic E-state index is 0.500. The van der Waals surface area contributed by atoms with Gasteiger partial charge in [-0.05, 0) is 18.3 Å². The topological polar surface area (TPSA) is 46.5 Å². The summed E-state index contributed by atoms with van der Waals surface area (Å²) in [4.78, 5) is 8.11. The van der Waals surface area contributed by atoms with E-state index in [1.807, 2.05) is 0 Å². The second-order valence-corrected chi connectivity index (χ2v) is 3.61. The number of H-pyrrole nitrogens is 1. The van der Waals surface area contributed by atoms with Gasteiger partial charge in [-0.3, -0.25) is 14.8 Å². The number of rotatable bonds is 1. The van der Waals surface area contributed by atoms with E-state index >= 15 is 0 Å². The lowest BCUT2D eigenvalue weighted by Crippen LogP contribution is -1.89. The van der Waals surface area contributed by atoms with E-state index in [9.17, 15) is 0 Å². The molecule has 1 N–H and O–H groups in total. The normalized spacial score (nSPS) is 10.4. The number of nitrogens with zero attached hydrogens (tertiary/aromatic N) is 3. The van der Waals surface area contributed by atoms with E-state index in [2.05, 4.69) is 15.1 Å². The molecule has 0 saturated heterocycles. The highest BCUT2D eigenvalue weighted by atomic mass is 35.5. The van der Waals surface area contributed by atoms with Crippen LogP contribution in [0.1, 0.15) is 0 Å². The summed E-state index contributed by atoms with van der Waals surface area (Å²) in [5, 5.41) is 3.57. The largest absolute Gasteiger partial charge is 0.279 e. The van der Waals surface area contributed by atoms with Gasteiger partial charge in [0.2, 0.25) is 4.77 Å². The van der Waals surface area contributed by atoms with Crippen LogP contribution in [0.15, 0.2) is 18.5 Å². The molecular weight excluding hydrogens is 220 g/mol. The summed E-state index contributed by atoms with van der Waals surface area (Å²) in [6.45, 7) is 0. The first-order valence-electron chi connectivity index (χ1n) is 3.91. The van der Waals surface area contributed by atoms with E-state index in [0.29, 0.717) is 15.6 Å². The van der Waals surface area contributed by atoms with E-state index in [0.717, 1.165) is 5.56 Å². The van der Waals surface area contributed by atoms with Crippen molar-refractivity contribution in [1.82, 2.24) is 19.7 Å². The molecule has 0 spiro atoms.